The van der Waals surface area contributed by atoms with Crippen molar-refractivity contribution in [2.45, 2.75) is 44.8 Å². The van der Waals surface area contributed by atoms with Crippen LogP contribution in [-0.2, 0) is 14.3 Å². The highest BCUT2D eigenvalue weighted by molar-refractivity contribution is 5.92. The Balaban J connectivity index is 1.61. The monoisotopic (exact) mass is 362 g/mol. The quantitative estimate of drug-likeness (QED) is 0.463. The van der Waals surface area contributed by atoms with Crippen molar-refractivity contribution < 1.29 is 24.0 Å². The number of carbonyl (C=O) groups is 2. The number of aryl methyl sites for hydroxylation is 1. The second-order valence-electron chi connectivity index (χ2n) is 6.68. The fraction of sp³-hybridized carbons (Fsp3) is 0.556. The van der Waals surface area contributed by atoms with Crippen molar-refractivity contribution in [3.05, 3.63) is 39.4 Å². The lowest BCUT2D eigenvalue weighted by Gasteiger charge is -2.43. The van der Waals surface area contributed by atoms with Crippen molar-refractivity contribution in [3.8, 4) is 0 Å². The number of nitro groups is 1. The molecule has 1 amide bonds. The first kappa shape index (κ1) is 18.3. The van der Waals surface area contributed by atoms with Gasteiger partial charge in [0, 0.05) is 18.2 Å². The summed E-state index contributed by atoms with van der Waals surface area (Å²) in [5, 5.41) is 11.0. The lowest BCUT2D eigenvalue weighted by atomic mass is 9.90. The average molecular weight is 362 g/mol. The minimum Gasteiger partial charge on any atom is -0.452 e. The van der Waals surface area contributed by atoms with Crippen molar-refractivity contribution in [2.24, 2.45) is 0 Å². The zero-order valence-corrected chi connectivity index (χ0v) is 14.7. The molecular weight excluding hydrogens is 340 g/mol. The minimum atomic E-state index is -0.741. The Hall–Kier alpha value is -2.48. The van der Waals surface area contributed by atoms with Crippen LogP contribution in [0, 0.1) is 17.0 Å². The Kier molecular flexibility index (Phi) is 5.51. The van der Waals surface area contributed by atoms with Crippen molar-refractivity contribution in [3.63, 3.8) is 0 Å². The van der Waals surface area contributed by atoms with Gasteiger partial charge >= 0.3 is 5.97 Å². The first-order chi connectivity index (χ1) is 12.5. The van der Waals surface area contributed by atoms with Crippen LogP contribution in [0.1, 0.15) is 41.6 Å². The second-order valence-corrected chi connectivity index (χ2v) is 6.68. The number of ether oxygens (including phenoxy) is 2. The molecule has 1 saturated heterocycles. The van der Waals surface area contributed by atoms with E-state index in [1.54, 1.807) is 11.8 Å². The molecule has 2 aliphatic rings. The number of rotatable bonds is 4. The van der Waals surface area contributed by atoms with E-state index < -0.39 is 10.9 Å². The number of carbonyl (C=O) groups excluding carboxylic acids is 2. The van der Waals surface area contributed by atoms with Gasteiger partial charge in [0.25, 0.3) is 11.6 Å². The SMILES string of the molecule is Cc1ccc(C(=O)OCC(=O)N2CCO[C@@H]3CCCC[C@@H]32)cc1[N+](=O)[O-]. The maximum absolute atomic E-state index is 12.5. The number of amides is 1. The minimum absolute atomic E-state index is 0.0455. The Labute approximate surface area is 151 Å². The summed E-state index contributed by atoms with van der Waals surface area (Å²) in [6.07, 6.45) is 4.07. The van der Waals surface area contributed by atoms with Gasteiger partial charge in [-0.2, -0.15) is 0 Å². The van der Waals surface area contributed by atoms with Crippen LogP contribution >= 0.6 is 0 Å². The van der Waals surface area contributed by atoms with Crippen LogP contribution in [0.5, 0.6) is 0 Å². The fourth-order valence-electron chi connectivity index (χ4n) is 3.63. The summed E-state index contributed by atoms with van der Waals surface area (Å²) in [5.41, 5.74) is 0.371. The molecule has 1 aromatic carbocycles. The van der Waals surface area contributed by atoms with Crippen LogP contribution in [0.25, 0.3) is 0 Å². The number of hydrogen-bond donors (Lipinski definition) is 0. The number of benzene rings is 1. The standard InChI is InChI=1S/C18H22N2O6/c1-12-6-7-13(10-15(12)20(23)24)18(22)26-11-17(21)19-8-9-25-16-5-3-2-4-14(16)19/h6-7,10,14,16H,2-5,8-9,11H2,1H3/t14-,16+/m0/s1. The zero-order chi connectivity index (χ0) is 18.7. The van der Waals surface area contributed by atoms with Crippen LogP contribution in [0.4, 0.5) is 5.69 Å². The van der Waals surface area contributed by atoms with Crippen molar-refractivity contribution in [2.75, 3.05) is 19.8 Å². The second kappa shape index (κ2) is 7.82. The predicted octanol–water partition coefficient (Wildman–Crippen LogP) is 2.23. The molecule has 26 heavy (non-hydrogen) atoms. The number of morpholine rings is 1. The molecule has 0 unspecified atom stereocenters. The third-order valence-electron chi connectivity index (χ3n) is 5.02. The van der Waals surface area contributed by atoms with Gasteiger partial charge in [-0.05, 0) is 25.8 Å². The number of hydrogen-bond acceptors (Lipinski definition) is 6. The molecule has 2 fully saturated rings. The summed E-state index contributed by atoms with van der Waals surface area (Å²) in [7, 11) is 0. The Bertz CT molecular complexity index is 718. The molecule has 1 saturated carbocycles. The van der Waals surface area contributed by atoms with Crippen molar-refractivity contribution >= 4 is 17.6 Å². The molecule has 0 spiro atoms. The smallest absolute Gasteiger partial charge is 0.338 e. The van der Waals surface area contributed by atoms with Gasteiger partial charge in [0.2, 0.25) is 0 Å². The van der Waals surface area contributed by atoms with Crippen LogP contribution in [0.15, 0.2) is 18.2 Å². The van der Waals surface area contributed by atoms with Crippen LogP contribution in [0.3, 0.4) is 0 Å². The molecule has 0 N–H and O–H groups in total. The predicted molar refractivity (Wildman–Crippen MR) is 91.8 cm³/mol. The molecule has 3 rings (SSSR count). The number of esters is 1. The van der Waals surface area contributed by atoms with E-state index in [0.717, 1.165) is 25.7 Å². The van der Waals surface area contributed by atoms with E-state index in [9.17, 15) is 19.7 Å². The molecule has 8 nitrogen and oxygen atoms in total. The summed E-state index contributed by atoms with van der Waals surface area (Å²) in [5.74, 6) is -0.991. The van der Waals surface area contributed by atoms with Gasteiger partial charge in [-0.25, -0.2) is 4.79 Å². The highest BCUT2D eigenvalue weighted by Gasteiger charge is 2.36. The van der Waals surface area contributed by atoms with E-state index in [4.69, 9.17) is 9.47 Å². The molecule has 140 valence electrons. The van der Waals surface area contributed by atoms with E-state index in [-0.39, 0.29) is 35.9 Å². The third kappa shape index (κ3) is 3.85. The average Bonchev–Trinajstić information content (AvgIpc) is 2.65. The van der Waals surface area contributed by atoms with E-state index >= 15 is 0 Å². The number of fused-ring (bicyclic) bond motifs is 1. The van der Waals surface area contributed by atoms with Gasteiger partial charge in [0.05, 0.1) is 29.2 Å². The number of nitro benzene ring substituents is 1. The summed E-state index contributed by atoms with van der Waals surface area (Å²) in [6, 6.07) is 4.17. The first-order valence-corrected chi connectivity index (χ1v) is 8.80. The molecule has 1 heterocycles. The Morgan fingerprint density at radius 3 is 2.88 bits per heavy atom. The van der Waals surface area contributed by atoms with Crippen molar-refractivity contribution in [1.82, 2.24) is 4.90 Å². The van der Waals surface area contributed by atoms with Crippen LogP contribution < -0.4 is 0 Å². The van der Waals surface area contributed by atoms with Gasteiger partial charge < -0.3 is 14.4 Å². The molecule has 0 aromatic heterocycles. The van der Waals surface area contributed by atoms with Gasteiger partial charge in [-0.3, -0.25) is 14.9 Å². The highest BCUT2D eigenvalue weighted by atomic mass is 16.6. The zero-order valence-electron chi connectivity index (χ0n) is 14.7. The van der Waals surface area contributed by atoms with E-state index in [1.807, 2.05) is 0 Å². The lowest BCUT2D eigenvalue weighted by molar-refractivity contribution is -0.385. The van der Waals surface area contributed by atoms with E-state index in [2.05, 4.69) is 0 Å². The lowest BCUT2D eigenvalue weighted by Crippen LogP contribution is -2.55. The van der Waals surface area contributed by atoms with Gasteiger partial charge in [-0.1, -0.05) is 18.9 Å². The van der Waals surface area contributed by atoms with Crippen LogP contribution in [0.2, 0.25) is 0 Å². The topological polar surface area (TPSA) is 99.0 Å². The molecular formula is C18H22N2O6. The maximum atomic E-state index is 12.5. The summed E-state index contributed by atoms with van der Waals surface area (Å²) < 4.78 is 10.8. The summed E-state index contributed by atoms with van der Waals surface area (Å²) in [6.45, 7) is 2.21. The highest BCUT2D eigenvalue weighted by Crippen LogP contribution is 2.28. The summed E-state index contributed by atoms with van der Waals surface area (Å²) in [4.78, 5) is 36.8. The van der Waals surface area contributed by atoms with Gasteiger partial charge in [0.15, 0.2) is 6.61 Å². The normalized spacial score (nSPS) is 22.4. The largest absolute Gasteiger partial charge is 0.452 e. The Morgan fingerprint density at radius 2 is 2.12 bits per heavy atom. The molecule has 8 heteroatoms. The molecule has 1 aliphatic carbocycles. The first-order valence-electron chi connectivity index (χ1n) is 8.80. The van der Waals surface area contributed by atoms with Crippen molar-refractivity contribution in [1.29, 1.82) is 0 Å². The van der Waals surface area contributed by atoms with Gasteiger partial charge in [-0.15, -0.1) is 0 Å². The molecule has 0 bridgehead atoms. The third-order valence-corrected chi connectivity index (χ3v) is 5.02. The number of nitrogens with zero attached hydrogens (tertiary/aromatic N) is 2. The molecule has 1 aliphatic heterocycles. The van der Waals surface area contributed by atoms with Gasteiger partial charge in [0.1, 0.15) is 0 Å². The van der Waals surface area contributed by atoms with Crippen LogP contribution in [-0.4, -0.2) is 53.6 Å². The molecule has 2 atom stereocenters. The Morgan fingerprint density at radius 1 is 1.35 bits per heavy atom. The fourth-order valence-corrected chi connectivity index (χ4v) is 3.63. The molecule has 1 aromatic rings. The maximum Gasteiger partial charge on any atom is 0.338 e. The summed E-state index contributed by atoms with van der Waals surface area (Å²) >= 11 is 0. The molecule has 0 radical (unpaired) electrons. The van der Waals surface area contributed by atoms with E-state index in [1.165, 1.54) is 18.2 Å². The van der Waals surface area contributed by atoms with E-state index in [0.29, 0.717) is 18.7 Å².